The topological polar surface area (TPSA) is 88.1 Å². The van der Waals surface area contributed by atoms with Crippen molar-refractivity contribution in [2.75, 3.05) is 43.6 Å². The van der Waals surface area contributed by atoms with Crippen molar-refractivity contribution < 1.29 is 24.2 Å². The van der Waals surface area contributed by atoms with Crippen molar-refractivity contribution in [1.82, 2.24) is 0 Å². The summed E-state index contributed by atoms with van der Waals surface area (Å²) in [6.45, 7) is 4.14. The van der Waals surface area contributed by atoms with Crippen LogP contribution in [0.4, 0.5) is 11.4 Å². The first-order valence-electron chi connectivity index (χ1n) is 9.10. The normalized spacial score (nSPS) is 16.4. The molecule has 2 N–H and O–H groups in total. The molecule has 0 aliphatic carbocycles. The number of aromatic carboxylic acids is 1. The zero-order valence-electron chi connectivity index (χ0n) is 16.0. The second kappa shape index (κ2) is 8.86. The molecule has 0 saturated carbocycles. The number of rotatable bonds is 6. The van der Waals surface area contributed by atoms with E-state index in [2.05, 4.69) is 5.32 Å². The van der Waals surface area contributed by atoms with E-state index in [0.29, 0.717) is 43.3 Å². The van der Waals surface area contributed by atoms with Crippen LogP contribution in [0.3, 0.4) is 0 Å². The fourth-order valence-electron chi connectivity index (χ4n) is 3.05. The summed E-state index contributed by atoms with van der Waals surface area (Å²) in [6, 6.07) is 11.9. The van der Waals surface area contributed by atoms with Crippen LogP contribution in [-0.2, 0) is 9.47 Å². The van der Waals surface area contributed by atoms with Gasteiger partial charge in [0.25, 0.3) is 5.91 Å². The van der Waals surface area contributed by atoms with Gasteiger partial charge < -0.3 is 24.8 Å². The molecular formula is C21H24N2O5. The molecule has 0 unspecified atom stereocenters. The van der Waals surface area contributed by atoms with E-state index in [1.165, 1.54) is 12.1 Å². The molecule has 2 aromatic carbocycles. The lowest BCUT2D eigenvalue weighted by Crippen LogP contribution is -2.38. The van der Waals surface area contributed by atoms with Crippen molar-refractivity contribution in [1.29, 1.82) is 0 Å². The Morgan fingerprint density at radius 1 is 1.14 bits per heavy atom. The molecule has 0 aromatic heterocycles. The van der Waals surface area contributed by atoms with Crippen molar-refractivity contribution >= 4 is 23.3 Å². The molecule has 28 heavy (non-hydrogen) atoms. The fourth-order valence-corrected chi connectivity index (χ4v) is 3.05. The number of nitrogens with zero attached hydrogens (tertiary/aromatic N) is 1. The Kier molecular flexibility index (Phi) is 6.28. The van der Waals surface area contributed by atoms with Crippen LogP contribution >= 0.6 is 0 Å². The molecule has 148 valence electrons. The SMILES string of the molecule is Cc1ccc(C(=O)Nc2cc(C(=O)O)ccc2N(C)C[C@H]2COCCO2)cc1. The molecule has 1 atom stereocenters. The zero-order valence-corrected chi connectivity index (χ0v) is 16.0. The van der Waals surface area contributed by atoms with E-state index in [-0.39, 0.29) is 17.6 Å². The number of nitrogens with one attached hydrogen (secondary N) is 1. The van der Waals surface area contributed by atoms with Crippen molar-refractivity contribution in [2.24, 2.45) is 0 Å². The number of carbonyl (C=O) groups is 2. The summed E-state index contributed by atoms with van der Waals surface area (Å²) in [4.78, 5) is 26.0. The molecule has 0 radical (unpaired) electrons. The first-order chi connectivity index (χ1) is 13.4. The zero-order chi connectivity index (χ0) is 20.1. The van der Waals surface area contributed by atoms with Crippen molar-refractivity contribution in [3.8, 4) is 0 Å². The molecule has 1 fully saturated rings. The molecule has 0 spiro atoms. The van der Waals surface area contributed by atoms with E-state index < -0.39 is 5.97 Å². The van der Waals surface area contributed by atoms with E-state index in [4.69, 9.17) is 9.47 Å². The molecule has 3 rings (SSSR count). The Morgan fingerprint density at radius 3 is 2.50 bits per heavy atom. The number of carboxylic acids is 1. The predicted molar refractivity (Wildman–Crippen MR) is 106 cm³/mol. The van der Waals surface area contributed by atoms with Gasteiger partial charge in [-0.15, -0.1) is 0 Å². The number of anilines is 2. The van der Waals surface area contributed by atoms with Crippen LogP contribution in [0.1, 0.15) is 26.3 Å². The molecule has 0 bridgehead atoms. The Labute approximate surface area is 163 Å². The van der Waals surface area contributed by atoms with Gasteiger partial charge in [0.15, 0.2) is 0 Å². The molecule has 1 heterocycles. The number of hydrogen-bond acceptors (Lipinski definition) is 5. The number of carboxylic acid groups (broad SMARTS) is 1. The number of benzene rings is 2. The third-order valence-corrected chi connectivity index (χ3v) is 4.58. The molecule has 7 nitrogen and oxygen atoms in total. The second-order valence-corrected chi connectivity index (χ2v) is 6.81. The van der Waals surface area contributed by atoms with Gasteiger partial charge in [0.2, 0.25) is 0 Å². The fraction of sp³-hybridized carbons (Fsp3) is 0.333. The summed E-state index contributed by atoms with van der Waals surface area (Å²) in [5.74, 6) is -1.35. The highest BCUT2D eigenvalue weighted by molar-refractivity contribution is 6.06. The van der Waals surface area contributed by atoms with E-state index in [0.717, 1.165) is 5.56 Å². The van der Waals surface area contributed by atoms with Crippen LogP contribution in [0.2, 0.25) is 0 Å². The van der Waals surface area contributed by atoms with Crippen molar-refractivity contribution in [3.05, 3.63) is 59.2 Å². The lowest BCUT2D eigenvalue weighted by molar-refractivity contribution is -0.0837. The van der Waals surface area contributed by atoms with Crippen LogP contribution in [0.15, 0.2) is 42.5 Å². The van der Waals surface area contributed by atoms with Gasteiger partial charge in [-0.2, -0.15) is 0 Å². The summed E-state index contributed by atoms with van der Waals surface area (Å²) in [6.07, 6.45) is -0.0847. The first-order valence-corrected chi connectivity index (χ1v) is 9.10. The Bertz CT molecular complexity index is 844. The molecule has 7 heteroatoms. The average Bonchev–Trinajstić information content (AvgIpc) is 2.69. The number of hydrogen-bond donors (Lipinski definition) is 2. The van der Waals surface area contributed by atoms with Gasteiger partial charge in [-0.1, -0.05) is 17.7 Å². The minimum Gasteiger partial charge on any atom is -0.478 e. The lowest BCUT2D eigenvalue weighted by atomic mass is 10.1. The van der Waals surface area contributed by atoms with Crippen LogP contribution in [0.5, 0.6) is 0 Å². The van der Waals surface area contributed by atoms with Gasteiger partial charge in [-0.25, -0.2) is 4.79 Å². The summed E-state index contributed by atoms with van der Waals surface area (Å²) in [7, 11) is 1.87. The molecule has 2 aromatic rings. The maximum atomic E-state index is 12.6. The Morgan fingerprint density at radius 2 is 1.86 bits per heavy atom. The first kappa shape index (κ1) is 19.9. The van der Waals surface area contributed by atoms with E-state index >= 15 is 0 Å². The van der Waals surface area contributed by atoms with E-state index in [9.17, 15) is 14.7 Å². The summed E-state index contributed by atoms with van der Waals surface area (Å²) >= 11 is 0. The quantitative estimate of drug-likeness (QED) is 0.796. The number of ether oxygens (including phenoxy) is 2. The van der Waals surface area contributed by atoms with Crippen molar-refractivity contribution in [2.45, 2.75) is 13.0 Å². The van der Waals surface area contributed by atoms with Crippen molar-refractivity contribution in [3.63, 3.8) is 0 Å². The highest BCUT2D eigenvalue weighted by Gasteiger charge is 2.20. The van der Waals surface area contributed by atoms with Gasteiger partial charge in [0.1, 0.15) is 0 Å². The number of aryl methyl sites for hydroxylation is 1. The standard InChI is InChI=1S/C21H24N2O5/c1-14-3-5-15(6-4-14)20(24)22-18-11-16(21(25)26)7-8-19(18)23(2)12-17-13-27-9-10-28-17/h3-8,11,17H,9-10,12-13H2,1-2H3,(H,22,24)(H,25,26)/t17-/m0/s1. The Hall–Kier alpha value is -2.90. The molecular weight excluding hydrogens is 360 g/mol. The van der Waals surface area contributed by atoms with Crippen LogP contribution in [0.25, 0.3) is 0 Å². The number of carbonyl (C=O) groups excluding carboxylic acids is 1. The predicted octanol–water partition coefficient (Wildman–Crippen LogP) is 2.80. The third-order valence-electron chi connectivity index (χ3n) is 4.58. The summed E-state index contributed by atoms with van der Waals surface area (Å²) in [5.41, 5.74) is 2.81. The minimum absolute atomic E-state index is 0.0847. The maximum Gasteiger partial charge on any atom is 0.335 e. The van der Waals surface area contributed by atoms with Crippen LogP contribution in [-0.4, -0.2) is 56.5 Å². The van der Waals surface area contributed by atoms with Gasteiger partial charge in [-0.3, -0.25) is 4.79 Å². The lowest BCUT2D eigenvalue weighted by Gasteiger charge is -2.30. The molecule has 1 amide bonds. The largest absolute Gasteiger partial charge is 0.478 e. The minimum atomic E-state index is -1.05. The van der Waals surface area contributed by atoms with Gasteiger partial charge >= 0.3 is 5.97 Å². The van der Waals surface area contributed by atoms with Crippen LogP contribution in [0, 0.1) is 6.92 Å². The Balaban J connectivity index is 1.83. The third kappa shape index (κ3) is 4.88. The van der Waals surface area contributed by atoms with E-state index in [1.54, 1.807) is 18.2 Å². The maximum absolute atomic E-state index is 12.6. The summed E-state index contributed by atoms with van der Waals surface area (Å²) in [5, 5.41) is 12.2. The molecule has 1 aliphatic heterocycles. The number of amides is 1. The smallest absolute Gasteiger partial charge is 0.335 e. The average molecular weight is 384 g/mol. The molecule has 1 saturated heterocycles. The van der Waals surface area contributed by atoms with E-state index in [1.807, 2.05) is 31.0 Å². The monoisotopic (exact) mass is 384 g/mol. The summed E-state index contributed by atoms with van der Waals surface area (Å²) < 4.78 is 11.1. The second-order valence-electron chi connectivity index (χ2n) is 6.81. The van der Waals surface area contributed by atoms with Gasteiger partial charge in [-0.05, 0) is 37.3 Å². The number of likely N-dealkylation sites (N-methyl/N-ethyl adjacent to an activating group) is 1. The molecule has 1 aliphatic rings. The van der Waals surface area contributed by atoms with Crippen LogP contribution < -0.4 is 10.2 Å². The highest BCUT2D eigenvalue weighted by Crippen LogP contribution is 2.28. The van der Waals surface area contributed by atoms with Gasteiger partial charge in [0.05, 0.1) is 42.9 Å². The highest BCUT2D eigenvalue weighted by atomic mass is 16.6. The van der Waals surface area contributed by atoms with Gasteiger partial charge in [0, 0.05) is 19.2 Å².